The summed E-state index contributed by atoms with van der Waals surface area (Å²) >= 11 is 0. The van der Waals surface area contributed by atoms with E-state index >= 15 is 0 Å². The third-order valence-electron chi connectivity index (χ3n) is 8.79. The van der Waals surface area contributed by atoms with Gasteiger partial charge in [0.05, 0.1) is 6.42 Å². The first-order chi connectivity index (χ1) is 12.8. The Morgan fingerprint density at radius 3 is 2.63 bits per heavy atom. The predicted molar refractivity (Wildman–Crippen MR) is 100 cm³/mol. The van der Waals surface area contributed by atoms with E-state index in [-0.39, 0.29) is 36.5 Å². The average Bonchev–Trinajstić information content (AvgIpc) is 3.18. The summed E-state index contributed by atoms with van der Waals surface area (Å²) in [6.45, 7) is 11.5. The number of ketones is 1. The zero-order valence-corrected chi connectivity index (χ0v) is 17.0. The maximum Gasteiger partial charge on any atom is 0.307 e. The molecule has 1 aliphatic heterocycles. The monoisotopic (exact) mass is 376 g/mol. The third-order valence-corrected chi connectivity index (χ3v) is 8.79. The van der Waals surface area contributed by atoms with E-state index in [9.17, 15) is 9.59 Å². The van der Waals surface area contributed by atoms with Crippen LogP contribution in [0, 0.1) is 22.7 Å². The molecule has 0 aromatic heterocycles. The van der Waals surface area contributed by atoms with Gasteiger partial charge in [0.2, 0.25) is 0 Å². The Labute approximate surface area is 162 Å². The van der Waals surface area contributed by atoms with Gasteiger partial charge in [-0.2, -0.15) is 0 Å². The molecule has 4 fully saturated rings. The Morgan fingerprint density at radius 1 is 1.22 bits per heavy atom. The van der Waals surface area contributed by atoms with Crippen molar-refractivity contribution in [1.82, 2.24) is 0 Å². The van der Waals surface area contributed by atoms with Crippen LogP contribution in [0.5, 0.6) is 0 Å². The van der Waals surface area contributed by atoms with Crippen molar-refractivity contribution in [3.63, 3.8) is 0 Å². The smallest absolute Gasteiger partial charge is 0.307 e. The fourth-order valence-corrected chi connectivity index (χ4v) is 8.02. The van der Waals surface area contributed by atoms with Crippen LogP contribution in [-0.4, -0.2) is 42.3 Å². The zero-order valence-electron chi connectivity index (χ0n) is 17.0. The molecule has 5 rings (SSSR count). The molecule has 5 nitrogen and oxygen atoms in total. The van der Waals surface area contributed by atoms with Gasteiger partial charge in [0.15, 0.2) is 11.4 Å². The fourth-order valence-electron chi connectivity index (χ4n) is 8.02. The molecule has 4 aliphatic carbocycles. The summed E-state index contributed by atoms with van der Waals surface area (Å²) in [7, 11) is 0. The number of Topliss-reactive ketones (excluding diaryl/α,β-unsaturated/α-hetero) is 1. The molecule has 0 aromatic carbocycles. The predicted octanol–water partition coefficient (Wildman–Crippen LogP) is 3.45. The molecule has 150 valence electrons. The molecule has 7 atom stereocenters. The molecule has 1 spiro atoms. The maximum atomic E-state index is 12.9. The van der Waals surface area contributed by atoms with Crippen LogP contribution in [0.2, 0.25) is 0 Å². The number of hydrogen-bond acceptors (Lipinski definition) is 5. The molecule has 5 heteroatoms. The molecule has 1 saturated heterocycles. The van der Waals surface area contributed by atoms with Crippen molar-refractivity contribution in [3.05, 3.63) is 11.1 Å². The van der Waals surface area contributed by atoms with Crippen molar-refractivity contribution in [3.8, 4) is 0 Å². The summed E-state index contributed by atoms with van der Waals surface area (Å²) in [4.78, 5) is 25.5. The lowest BCUT2D eigenvalue weighted by Crippen LogP contribution is -2.75. The maximum absolute atomic E-state index is 12.9. The molecule has 0 amide bonds. The van der Waals surface area contributed by atoms with Crippen LogP contribution in [0.4, 0.5) is 0 Å². The highest BCUT2D eigenvalue weighted by molar-refractivity contribution is 6.04. The number of esters is 1. The van der Waals surface area contributed by atoms with E-state index in [4.69, 9.17) is 14.2 Å². The van der Waals surface area contributed by atoms with Gasteiger partial charge in [-0.05, 0) is 50.7 Å². The van der Waals surface area contributed by atoms with Crippen LogP contribution in [0.3, 0.4) is 0 Å². The summed E-state index contributed by atoms with van der Waals surface area (Å²) in [5.41, 5.74) is 0.0358. The Hall–Kier alpha value is -1.20. The van der Waals surface area contributed by atoms with Gasteiger partial charge < -0.3 is 14.2 Å². The molecule has 0 radical (unpaired) electrons. The minimum atomic E-state index is -0.807. The van der Waals surface area contributed by atoms with Crippen molar-refractivity contribution in [2.75, 3.05) is 13.2 Å². The molecule has 2 bridgehead atoms. The first kappa shape index (κ1) is 17.9. The van der Waals surface area contributed by atoms with E-state index in [0.717, 1.165) is 18.4 Å². The second kappa shape index (κ2) is 5.04. The summed E-state index contributed by atoms with van der Waals surface area (Å²) < 4.78 is 19.3. The van der Waals surface area contributed by atoms with Gasteiger partial charge in [-0.25, -0.2) is 0 Å². The molecular formula is C22H32O5. The third kappa shape index (κ3) is 1.53. The molecule has 0 aromatic rings. The minimum Gasteiger partial charge on any atom is -0.452 e. The first-order valence-electron chi connectivity index (χ1n) is 10.5. The van der Waals surface area contributed by atoms with Crippen molar-refractivity contribution in [1.29, 1.82) is 0 Å². The Morgan fingerprint density at radius 2 is 1.96 bits per heavy atom. The van der Waals surface area contributed by atoms with Crippen LogP contribution < -0.4 is 0 Å². The highest BCUT2D eigenvalue weighted by atomic mass is 16.6. The summed E-state index contributed by atoms with van der Waals surface area (Å²) in [6.07, 6.45) is 2.46. The molecule has 0 N–H and O–H groups in total. The molecule has 1 heterocycles. The van der Waals surface area contributed by atoms with Crippen molar-refractivity contribution in [2.45, 2.75) is 77.6 Å². The number of carbonyl (C=O) groups is 2. The van der Waals surface area contributed by atoms with E-state index in [0.29, 0.717) is 26.1 Å². The van der Waals surface area contributed by atoms with Gasteiger partial charge in [0.25, 0.3) is 0 Å². The van der Waals surface area contributed by atoms with Crippen LogP contribution in [-0.2, 0) is 23.8 Å². The van der Waals surface area contributed by atoms with Gasteiger partial charge in [-0.1, -0.05) is 13.8 Å². The van der Waals surface area contributed by atoms with Gasteiger partial charge >= 0.3 is 5.97 Å². The topological polar surface area (TPSA) is 61.8 Å². The highest BCUT2D eigenvalue weighted by Crippen LogP contribution is 2.90. The summed E-state index contributed by atoms with van der Waals surface area (Å²) in [5.74, 6) is 0.402. The lowest BCUT2D eigenvalue weighted by molar-refractivity contribution is -0.312. The molecule has 3 saturated carbocycles. The lowest BCUT2D eigenvalue weighted by Gasteiger charge is -2.63. The number of carbonyl (C=O) groups excluding carboxylic acids is 2. The fraction of sp³-hybridized carbons (Fsp3) is 0.818. The van der Waals surface area contributed by atoms with Crippen molar-refractivity contribution in [2.24, 2.45) is 22.7 Å². The van der Waals surface area contributed by atoms with Crippen molar-refractivity contribution < 1.29 is 25.2 Å². The second-order valence-electron chi connectivity index (χ2n) is 9.47. The second-order valence-corrected chi connectivity index (χ2v) is 9.47. The number of fused-ring (bicyclic) bond motifs is 1. The van der Waals surface area contributed by atoms with Crippen LogP contribution in [0.25, 0.3) is 0 Å². The van der Waals surface area contributed by atoms with E-state index in [2.05, 4.69) is 13.8 Å². The quantitative estimate of drug-likeness (QED) is 0.703. The Bertz CT molecular complexity index is 792. The van der Waals surface area contributed by atoms with E-state index < -0.39 is 16.6 Å². The summed E-state index contributed by atoms with van der Waals surface area (Å²) in [6, 6.07) is 0. The number of hydrogen-bond donors (Lipinski definition) is 0. The van der Waals surface area contributed by atoms with E-state index in [1.807, 2.05) is 20.8 Å². The van der Waals surface area contributed by atoms with Gasteiger partial charge in [0.1, 0.15) is 11.7 Å². The van der Waals surface area contributed by atoms with Gasteiger partial charge in [-0.15, -0.1) is 0 Å². The average molecular weight is 376 g/mol. The molecular weight excluding hydrogens is 344 g/mol. The standard InChI is InChI=1S/C22H30O5.H2/c1-6-25-18-12(3)8-9-21(26-7-2)19(5)11-15(24)27-22(18,21)17-16-13(4)14(23)10-20(16,17)19;/h12,17-18H,6-11H2,1-5H3;1H/t12?,17?,18?,19?,20-,21+,22?;/m1./s1. The van der Waals surface area contributed by atoms with Crippen molar-refractivity contribution >= 4 is 11.8 Å². The van der Waals surface area contributed by atoms with Crippen LogP contribution in [0.15, 0.2) is 11.1 Å². The van der Waals surface area contributed by atoms with Crippen LogP contribution in [0.1, 0.15) is 61.7 Å². The van der Waals surface area contributed by atoms with E-state index in [1.54, 1.807) is 0 Å². The molecule has 27 heavy (non-hydrogen) atoms. The van der Waals surface area contributed by atoms with E-state index in [1.165, 1.54) is 5.57 Å². The number of ether oxygens (including phenoxy) is 3. The molecule has 5 aliphatic rings. The van der Waals surface area contributed by atoms with Gasteiger partial charge in [-0.3, -0.25) is 9.59 Å². The first-order valence-corrected chi connectivity index (χ1v) is 10.5. The SMILES string of the molecule is CCOC1C(C)CC[C@@]2(OCC)C13OC(=O)CC2(C)[C@]12CC(=O)C(C)=C1C32.[HH]. The lowest BCUT2D eigenvalue weighted by atomic mass is 9.53. The largest absolute Gasteiger partial charge is 0.452 e. The normalized spacial score (nSPS) is 52.4. The van der Waals surface area contributed by atoms with Crippen LogP contribution >= 0.6 is 0 Å². The summed E-state index contributed by atoms with van der Waals surface area (Å²) in [5, 5.41) is 0. The zero-order chi connectivity index (χ0) is 19.4. The number of rotatable bonds is 4. The van der Waals surface area contributed by atoms with Gasteiger partial charge in [0, 0.05) is 37.8 Å². The minimum absolute atomic E-state index is 0. The molecule has 5 unspecified atom stereocenters. The highest BCUT2D eigenvalue weighted by Gasteiger charge is 2.97. The Kier molecular flexibility index (Phi) is 3.33. The number of allylic oxidation sites excluding steroid dienone is 1. The Balaban J connectivity index is 0.00000192.